The number of aromatic hydroxyl groups is 1. The maximum atomic E-state index is 11.8. The molecule has 1 saturated carbocycles. The predicted molar refractivity (Wildman–Crippen MR) is 89.2 cm³/mol. The summed E-state index contributed by atoms with van der Waals surface area (Å²) in [6.07, 6.45) is 7.80. The number of anilines is 1. The fraction of sp³-hybridized carbons (Fsp3) is 0.333. The Morgan fingerprint density at radius 2 is 2.13 bits per heavy atom. The number of aromatic nitrogens is 1. The molecule has 2 aromatic rings. The first kappa shape index (κ1) is 14.5. The Hall–Kier alpha value is -2.07. The predicted octanol–water partition coefficient (Wildman–Crippen LogP) is 3.62. The second-order valence-electron chi connectivity index (χ2n) is 6.24. The third-order valence-corrected chi connectivity index (χ3v) is 5.08. The van der Waals surface area contributed by atoms with E-state index in [1.807, 2.05) is 12.4 Å². The number of benzene rings is 1. The molecule has 1 N–H and O–H groups in total. The van der Waals surface area contributed by atoms with Crippen LogP contribution in [-0.4, -0.2) is 22.9 Å². The van der Waals surface area contributed by atoms with E-state index in [4.69, 9.17) is 11.6 Å². The minimum Gasteiger partial charge on any atom is -0.506 e. The Morgan fingerprint density at radius 1 is 1.30 bits per heavy atom. The molecule has 0 amide bonds. The van der Waals surface area contributed by atoms with Crippen LogP contribution in [-0.2, 0) is 11.2 Å². The van der Waals surface area contributed by atoms with Crippen molar-refractivity contribution in [1.82, 2.24) is 4.98 Å². The summed E-state index contributed by atoms with van der Waals surface area (Å²) in [6.45, 7) is 0.725. The molecule has 0 saturated heterocycles. The number of rotatable bonds is 3. The first-order valence-corrected chi connectivity index (χ1v) is 8.24. The Bertz CT molecular complexity index is 774. The summed E-state index contributed by atoms with van der Waals surface area (Å²) in [6, 6.07) is 5.06. The van der Waals surface area contributed by atoms with Gasteiger partial charge in [0.2, 0.25) is 0 Å². The van der Waals surface area contributed by atoms with Crippen LogP contribution in [0.4, 0.5) is 5.69 Å². The monoisotopic (exact) mass is 328 g/mol. The van der Waals surface area contributed by atoms with Crippen LogP contribution in [0.1, 0.15) is 41.5 Å². The molecule has 1 aliphatic heterocycles. The van der Waals surface area contributed by atoms with Gasteiger partial charge in [-0.05, 0) is 60.1 Å². The van der Waals surface area contributed by atoms with Gasteiger partial charge < -0.3 is 14.8 Å². The lowest BCUT2D eigenvalue weighted by Gasteiger charge is -2.37. The number of fused-ring (bicyclic) bond motifs is 1. The summed E-state index contributed by atoms with van der Waals surface area (Å²) in [7, 11) is 0. The van der Waals surface area contributed by atoms with Crippen LogP contribution in [0.25, 0.3) is 0 Å². The molecule has 118 valence electrons. The van der Waals surface area contributed by atoms with Crippen molar-refractivity contribution >= 4 is 23.6 Å². The lowest BCUT2D eigenvalue weighted by atomic mass is 9.92. The van der Waals surface area contributed by atoms with Crippen LogP contribution in [0.15, 0.2) is 30.6 Å². The Morgan fingerprint density at radius 3 is 2.87 bits per heavy atom. The third kappa shape index (κ3) is 2.47. The molecule has 1 unspecified atom stereocenters. The molecule has 2 aliphatic rings. The van der Waals surface area contributed by atoms with Gasteiger partial charge in [-0.3, -0.25) is 4.98 Å². The highest BCUT2D eigenvalue weighted by molar-refractivity contribution is 6.32. The number of pyridine rings is 1. The topological polar surface area (TPSA) is 53.4 Å². The SMILES string of the molecule is O=CC1c2cc(Cl)c(O)cc2CCN1c1cnccc1C1CC1. The van der Waals surface area contributed by atoms with Gasteiger partial charge in [-0.15, -0.1) is 0 Å². The van der Waals surface area contributed by atoms with Gasteiger partial charge in [-0.1, -0.05) is 11.6 Å². The Labute approximate surface area is 139 Å². The number of halogens is 1. The molecule has 4 rings (SSSR count). The molecule has 4 nitrogen and oxygen atoms in total. The summed E-state index contributed by atoms with van der Waals surface area (Å²) >= 11 is 6.06. The van der Waals surface area contributed by atoms with E-state index in [1.54, 1.807) is 12.1 Å². The molecule has 0 radical (unpaired) electrons. The second kappa shape index (κ2) is 5.53. The van der Waals surface area contributed by atoms with Crippen LogP contribution < -0.4 is 4.90 Å². The zero-order valence-electron chi connectivity index (χ0n) is 12.6. The largest absolute Gasteiger partial charge is 0.506 e. The fourth-order valence-corrected chi connectivity index (χ4v) is 3.63. The average Bonchev–Trinajstić information content (AvgIpc) is 3.40. The molecule has 1 aromatic heterocycles. The minimum absolute atomic E-state index is 0.0727. The van der Waals surface area contributed by atoms with E-state index in [0.29, 0.717) is 5.92 Å². The lowest BCUT2D eigenvalue weighted by molar-refractivity contribution is -0.109. The van der Waals surface area contributed by atoms with Crippen molar-refractivity contribution in [2.45, 2.75) is 31.2 Å². The van der Waals surface area contributed by atoms with Crippen molar-refractivity contribution in [2.24, 2.45) is 0 Å². The van der Waals surface area contributed by atoms with E-state index >= 15 is 0 Å². The molecule has 1 fully saturated rings. The van der Waals surface area contributed by atoms with Crippen molar-refractivity contribution in [3.05, 3.63) is 52.3 Å². The van der Waals surface area contributed by atoms with E-state index in [-0.39, 0.29) is 10.8 Å². The van der Waals surface area contributed by atoms with Crippen molar-refractivity contribution in [1.29, 1.82) is 0 Å². The Balaban J connectivity index is 1.79. The maximum absolute atomic E-state index is 11.8. The van der Waals surface area contributed by atoms with Gasteiger partial charge in [0.15, 0.2) is 0 Å². The molecule has 0 spiro atoms. The molecule has 2 heterocycles. The minimum atomic E-state index is -0.390. The highest BCUT2D eigenvalue weighted by Gasteiger charge is 2.33. The van der Waals surface area contributed by atoms with Gasteiger partial charge in [0.1, 0.15) is 18.1 Å². The molecular formula is C18H17ClN2O2. The number of nitrogens with zero attached hydrogens (tertiary/aromatic N) is 2. The van der Waals surface area contributed by atoms with Gasteiger partial charge >= 0.3 is 0 Å². The van der Waals surface area contributed by atoms with Crippen LogP contribution in [0.2, 0.25) is 5.02 Å². The van der Waals surface area contributed by atoms with E-state index in [9.17, 15) is 9.90 Å². The summed E-state index contributed by atoms with van der Waals surface area (Å²) in [5.41, 5.74) is 4.18. The first-order valence-electron chi connectivity index (χ1n) is 7.86. The fourth-order valence-electron chi connectivity index (χ4n) is 3.45. The number of carbonyl (C=O) groups excluding carboxylic acids is 1. The van der Waals surface area contributed by atoms with E-state index in [1.165, 1.54) is 18.4 Å². The molecule has 0 bridgehead atoms. The maximum Gasteiger partial charge on any atom is 0.147 e. The molecule has 1 aromatic carbocycles. The van der Waals surface area contributed by atoms with Gasteiger partial charge in [-0.2, -0.15) is 0 Å². The van der Waals surface area contributed by atoms with Crippen molar-refractivity contribution in [2.75, 3.05) is 11.4 Å². The second-order valence-corrected chi connectivity index (χ2v) is 6.64. The van der Waals surface area contributed by atoms with Crippen LogP contribution in [0.3, 0.4) is 0 Å². The van der Waals surface area contributed by atoms with Gasteiger partial charge in [0, 0.05) is 12.7 Å². The van der Waals surface area contributed by atoms with E-state index in [0.717, 1.165) is 36.1 Å². The molecule has 1 aliphatic carbocycles. The van der Waals surface area contributed by atoms with Gasteiger partial charge in [-0.25, -0.2) is 0 Å². The summed E-state index contributed by atoms with van der Waals surface area (Å²) in [4.78, 5) is 18.2. The number of phenolic OH excluding ortho intramolecular Hbond substituents is 1. The molecule has 5 heteroatoms. The summed E-state index contributed by atoms with van der Waals surface area (Å²) in [5.74, 6) is 0.661. The summed E-state index contributed by atoms with van der Waals surface area (Å²) in [5, 5.41) is 10.1. The number of hydrogen-bond donors (Lipinski definition) is 1. The van der Waals surface area contributed by atoms with Crippen LogP contribution in [0, 0.1) is 0 Å². The highest BCUT2D eigenvalue weighted by atomic mass is 35.5. The zero-order chi connectivity index (χ0) is 16.0. The van der Waals surface area contributed by atoms with E-state index in [2.05, 4.69) is 16.0 Å². The number of aldehydes is 1. The number of hydrogen-bond acceptors (Lipinski definition) is 4. The molecule has 23 heavy (non-hydrogen) atoms. The van der Waals surface area contributed by atoms with Crippen molar-refractivity contribution in [3.8, 4) is 5.75 Å². The summed E-state index contributed by atoms with van der Waals surface area (Å²) < 4.78 is 0. The standard InChI is InChI=1S/C18H17ClN2O2/c19-15-8-14-12(7-18(15)23)4-6-21(17(14)10-22)16-9-20-5-3-13(16)11-1-2-11/h3,5,7-11,17,23H,1-2,4,6H2. The van der Waals surface area contributed by atoms with E-state index < -0.39 is 6.04 Å². The quantitative estimate of drug-likeness (QED) is 0.874. The molecule has 1 atom stereocenters. The van der Waals surface area contributed by atoms with Gasteiger partial charge in [0.05, 0.1) is 16.9 Å². The molecular weight excluding hydrogens is 312 g/mol. The van der Waals surface area contributed by atoms with Crippen molar-refractivity contribution in [3.63, 3.8) is 0 Å². The number of phenols is 1. The normalized spacial score (nSPS) is 20.2. The van der Waals surface area contributed by atoms with Gasteiger partial charge in [0.25, 0.3) is 0 Å². The lowest BCUT2D eigenvalue weighted by Crippen LogP contribution is -2.37. The van der Waals surface area contributed by atoms with Crippen LogP contribution in [0.5, 0.6) is 5.75 Å². The smallest absolute Gasteiger partial charge is 0.147 e. The van der Waals surface area contributed by atoms with Crippen LogP contribution >= 0.6 is 11.6 Å². The Kier molecular flexibility index (Phi) is 3.49. The zero-order valence-corrected chi connectivity index (χ0v) is 13.3. The highest BCUT2D eigenvalue weighted by Crippen LogP contribution is 2.46. The first-order chi connectivity index (χ1) is 11.2. The average molecular weight is 329 g/mol. The number of carbonyl (C=O) groups is 1. The third-order valence-electron chi connectivity index (χ3n) is 4.77. The van der Waals surface area contributed by atoms with Crippen molar-refractivity contribution < 1.29 is 9.90 Å².